The van der Waals surface area contributed by atoms with E-state index in [0.29, 0.717) is 23.1 Å². The summed E-state index contributed by atoms with van der Waals surface area (Å²) in [6, 6.07) is 8.14. The van der Waals surface area contributed by atoms with Gasteiger partial charge in [0.1, 0.15) is 11.6 Å². The number of rotatable bonds is 3. The summed E-state index contributed by atoms with van der Waals surface area (Å²) in [6.07, 6.45) is 0. The second kappa shape index (κ2) is 4.91. The molecule has 94 valence electrons. The Kier molecular flexibility index (Phi) is 3.32. The topological polar surface area (TPSA) is 60.2 Å². The van der Waals surface area contributed by atoms with E-state index in [1.54, 1.807) is 24.3 Å². The van der Waals surface area contributed by atoms with E-state index >= 15 is 0 Å². The van der Waals surface area contributed by atoms with Gasteiger partial charge in [-0.2, -0.15) is 4.98 Å². The van der Waals surface area contributed by atoms with E-state index in [2.05, 4.69) is 10.3 Å². The van der Waals surface area contributed by atoms with Gasteiger partial charge in [0.25, 0.3) is 0 Å². The van der Waals surface area contributed by atoms with Crippen LogP contribution in [0, 0.1) is 12.7 Å². The fraction of sp³-hybridized carbons (Fsp3) is 0.154. The summed E-state index contributed by atoms with van der Waals surface area (Å²) in [5.74, 6) is 0.455. The van der Waals surface area contributed by atoms with Gasteiger partial charge in [-0.25, -0.2) is 4.39 Å². The smallest absolute Gasteiger partial charge is 0.238 e. The number of methoxy groups -OCH3 is 1. The fourth-order valence-electron chi connectivity index (χ4n) is 1.56. The van der Waals surface area contributed by atoms with Crippen molar-refractivity contribution in [3.63, 3.8) is 0 Å². The molecule has 0 fully saturated rings. The van der Waals surface area contributed by atoms with Crippen molar-refractivity contribution >= 4 is 17.2 Å². The summed E-state index contributed by atoms with van der Waals surface area (Å²) < 4.78 is 18.6. The predicted molar refractivity (Wildman–Crippen MR) is 69.6 cm³/mol. The van der Waals surface area contributed by atoms with E-state index in [4.69, 9.17) is 10.5 Å². The van der Waals surface area contributed by atoms with Gasteiger partial charge in [-0.05, 0) is 36.8 Å². The molecule has 0 saturated carbocycles. The number of aryl methyl sites for hydroxylation is 1. The van der Waals surface area contributed by atoms with Crippen LogP contribution in [0.2, 0.25) is 0 Å². The van der Waals surface area contributed by atoms with E-state index in [1.807, 2.05) is 6.92 Å². The van der Waals surface area contributed by atoms with E-state index in [9.17, 15) is 4.39 Å². The number of nitrogen functional groups attached to an aromatic ring is 1. The van der Waals surface area contributed by atoms with Gasteiger partial charge >= 0.3 is 0 Å². The number of hydrogen-bond acceptors (Lipinski definition) is 4. The second-order valence-electron chi connectivity index (χ2n) is 3.90. The van der Waals surface area contributed by atoms with Gasteiger partial charge in [0.05, 0.1) is 18.5 Å². The molecule has 0 bridgehead atoms. The minimum atomic E-state index is -0.335. The Morgan fingerprint density at radius 2 is 2.06 bits per heavy atom. The van der Waals surface area contributed by atoms with Crippen LogP contribution < -0.4 is 15.8 Å². The number of hydrogen-bond donors (Lipinski definition) is 2. The molecule has 0 atom stereocenters. The first-order valence-electron chi connectivity index (χ1n) is 5.44. The first kappa shape index (κ1) is 12.2. The van der Waals surface area contributed by atoms with Crippen molar-refractivity contribution in [2.75, 3.05) is 18.2 Å². The van der Waals surface area contributed by atoms with Crippen molar-refractivity contribution < 1.29 is 9.13 Å². The Bertz CT molecular complexity index is 572. The third-order valence-corrected chi connectivity index (χ3v) is 2.47. The number of nitrogens with one attached hydrogen (secondary N) is 1. The van der Waals surface area contributed by atoms with Crippen molar-refractivity contribution in [1.29, 1.82) is 0 Å². The fourth-order valence-corrected chi connectivity index (χ4v) is 1.56. The van der Waals surface area contributed by atoms with E-state index in [1.165, 1.54) is 13.2 Å². The summed E-state index contributed by atoms with van der Waals surface area (Å²) in [7, 11) is 1.48. The maximum atomic E-state index is 13.6. The van der Waals surface area contributed by atoms with Crippen molar-refractivity contribution in [3.05, 3.63) is 41.7 Å². The van der Waals surface area contributed by atoms with E-state index in [0.717, 1.165) is 5.56 Å². The van der Waals surface area contributed by atoms with Crippen LogP contribution in [0.1, 0.15) is 5.56 Å². The molecule has 2 rings (SSSR count). The van der Waals surface area contributed by atoms with Gasteiger partial charge in [0.15, 0.2) is 0 Å². The van der Waals surface area contributed by atoms with Gasteiger partial charge < -0.3 is 15.8 Å². The monoisotopic (exact) mass is 247 g/mol. The van der Waals surface area contributed by atoms with Crippen LogP contribution >= 0.6 is 0 Å². The van der Waals surface area contributed by atoms with E-state index < -0.39 is 0 Å². The number of anilines is 3. The maximum absolute atomic E-state index is 13.6. The summed E-state index contributed by atoms with van der Waals surface area (Å²) in [4.78, 5) is 4.13. The van der Waals surface area contributed by atoms with Crippen LogP contribution in [0.5, 0.6) is 5.88 Å². The van der Waals surface area contributed by atoms with Gasteiger partial charge in [-0.3, -0.25) is 0 Å². The first-order valence-corrected chi connectivity index (χ1v) is 5.44. The maximum Gasteiger partial charge on any atom is 0.238 e. The zero-order valence-electron chi connectivity index (χ0n) is 10.2. The first-order chi connectivity index (χ1) is 8.60. The average Bonchev–Trinajstić information content (AvgIpc) is 2.36. The molecule has 0 aliphatic carbocycles. The Balaban J connectivity index is 2.31. The third kappa shape index (κ3) is 2.51. The Labute approximate surface area is 105 Å². The Morgan fingerprint density at radius 1 is 1.28 bits per heavy atom. The molecule has 2 aromatic rings. The number of aromatic nitrogens is 1. The van der Waals surface area contributed by atoms with Crippen LogP contribution in [0.4, 0.5) is 21.6 Å². The van der Waals surface area contributed by atoms with Crippen LogP contribution in [0.15, 0.2) is 30.3 Å². The number of nitrogens with two attached hydrogens (primary N) is 1. The minimum Gasteiger partial charge on any atom is -0.479 e. The lowest BCUT2D eigenvalue weighted by Crippen LogP contribution is -2.00. The number of halogens is 1. The molecule has 1 heterocycles. The summed E-state index contributed by atoms with van der Waals surface area (Å²) in [5.41, 5.74) is 7.43. The highest BCUT2D eigenvalue weighted by Gasteiger charge is 2.06. The van der Waals surface area contributed by atoms with Gasteiger partial charge in [-0.15, -0.1) is 0 Å². The molecular formula is C13H14FN3O. The summed E-state index contributed by atoms with van der Waals surface area (Å²) in [5, 5.41) is 2.89. The van der Waals surface area contributed by atoms with Crippen molar-refractivity contribution in [2.45, 2.75) is 6.92 Å². The number of ether oxygens (including phenoxy) is 1. The summed E-state index contributed by atoms with van der Waals surface area (Å²) in [6.45, 7) is 1.89. The zero-order valence-corrected chi connectivity index (χ0v) is 10.2. The average molecular weight is 247 g/mol. The lowest BCUT2D eigenvalue weighted by atomic mass is 10.2. The largest absolute Gasteiger partial charge is 0.479 e. The predicted octanol–water partition coefficient (Wildman–Crippen LogP) is 2.86. The number of pyridine rings is 1. The molecule has 0 unspecified atom stereocenters. The van der Waals surface area contributed by atoms with Crippen molar-refractivity contribution in [1.82, 2.24) is 4.98 Å². The highest BCUT2D eigenvalue weighted by molar-refractivity contribution is 5.61. The molecule has 0 radical (unpaired) electrons. The van der Waals surface area contributed by atoms with E-state index in [-0.39, 0.29) is 5.82 Å². The highest BCUT2D eigenvalue weighted by atomic mass is 19.1. The normalized spacial score (nSPS) is 10.2. The van der Waals surface area contributed by atoms with Crippen LogP contribution in [-0.4, -0.2) is 12.1 Å². The number of nitrogens with zero attached hydrogens (tertiary/aromatic N) is 1. The molecule has 0 spiro atoms. The molecule has 3 N–H and O–H groups in total. The minimum absolute atomic E-state index is 0.313. The third-order valence-electron chi connectivity index (χ3n) is 2.47. The second-order valence-corrected chi connectivity index (χ2v) is 3.90. The number of benzene rings is 1. The highest BCUT2D eigenvalue weighted by Crippen LogP contribution is 2.24. The molecule has 1 aromatic heterocycles. The van der Waals surface area contributed by atoms with Gasteiger partial charge in [0, 0.05) is 0 Å². The standard InChI is InChI=1S/C13H14FN3O/c1-8-3-4-9(14)11(7-8)16-12-6-5-10(15)13(17-12)18-2/h3-7H,15H2,1-2H3,(H,16,17). The van der Waals surface area contributed by atoms with Gasteiger partial charge in [0.2, 0.25) is 5.88 Å². The quantitative estimate of drug-likeness (QED) is 0.875. The van der Waals surface area contributed by atoms with Crippen molar-refractivity contribution in [3.8, 4) is 5.88 Å². The van der Waals surface area contributed by atoms with Crippen LogP contribution in [0.3, 0.4) is 0 Å². The molecule has 0 saturated heterocycles. The van der Waals surface area contributed by atoms with Crippen LogP contribution in [-0.2, 0) is 0 Å². The van der Waals surface area contributed by atoms with Crippen LogP contribution in [0.25, 0.3) is 0 Å². The summed E-state index contributed by atoms with van der Waals surface area (Å²) >= 11 is 0. The molecule has 4 nitrogen and oxygen atoms in total. The molecule has 18 heavy (non-hydrogen) atoms. The molecule has 1 aromatic carbocycles. The molecule has 0 amide bonds. The van der Waals surface area contributed by atoms with Crippen molar-refractivity contribution in [2.24, 2.45) is 0 Å². The SMILES string of the molecule is COc1nc(Nc2cc(C)ccc2F)ccc1N. The lowest BCUT2D eigenvalue weighted by Gasteiger charge is -2.10. The Morgan fingerprint density at radius 3 is 2.78 bits per heavy atom. The molecule has 0 aliphatic rings. The molecule has 5 heteroatoms. The van der Waals surface area contributed by atoms with Gasteiger partial charge in [-0.1, -0.05) is 6.07 Å². The zero-order chi connectivity index (χ0) is 13.1. The Hall–Kier alpha value is -2.30. The molecular weight excluding hydrogens is 233 g/mol. The molecule has 0 aliphatic heterocycles. The lowest BCUT2D eigenvalue weighted by molar-refractivity contribution is 0.401.